The standard InChI is InChI=1S/C14H17F3N6S/c1-8-7-11(19-9(2)18-8)23-5-3-10(4-6-23)20-13-22-21-12(24-13)14(15,16)17/h7,10H,3-6H2,1-2H3,(H,20,22). The lowest BCUT2D eigenvalue weighted by atomic mass is 10.1. The Kier molecular flexibility index (Phi) is 4.57. The Morgan fingerprint density at radius 2 is 1.88 bits per heavy atom. The Labute approximate surface area is 141 Å². The fraction of sp³-hybridized carbons (Fsp3) is 0.571. The molecule has 24 heavy (non-hydrogen) atoms. The number of hydrogen-bond donors (Lipinski definition) is 1. The zero-order chi connectivity index (χ0) is 17.3. The molecule has 0 spiro atoms. The second kappa shape index (κ2) is 6.50. The Balaban J connectivity index is 1.58. The van der Waals surface area contributed by atoms with Gasteiger partial charge in [-0.15, -0.1) is 10.2 Å². The lowest BCUT2D eigenvalue weighted by Crippen LogP contribution is -2.39. The van der Waals surface area contributed by atoms with Gasteiger partial charge in [0.1, 0.15) is 11.6 Å². The Morgan fingerprint density at radius 1 is 1.17 bits per heavy atom. The summed E-state index contributed by atoms with van der Waals surface area (Å²) in [5.74, 6) is 1.63. The van der Waals surface area contributed by atoms with Crippen molar-refractivity contribution in [3.63, 3.8) is 0 Å². The molecule has 0 saturated carbocycles. The van der Waals surface area contributed by atoms with E-state index in [0.29, 0.717) is 11.3 Å². The number of rotatable bonds is 3. The summed E-state index contributed by atoms with van der Waals surface area (Å²) in [5, 5.41) is 9.12. The summed E-state index contributed by atoms with van der Waals surface area (Å²) in [6.45, 7) is 5.34. The van der Waals surface area contributed by atoms with Crippen molar-refractivity contribution >= 4 is 22.3 Å². The van der Waals surface area contributed by atoms with E-state index in [1.54, 1.807) is 0 Å². The van der Waals surface area contributed by atoms with E-state index in [-0.39, 0.29) is 11.2 Å². The molecule has 6 nitrogen and oxygen atoms in total. The zero-order valence-corrected chi connectivity index (χ0v) is 14.1. The second-order valence-corrected chi connectivity index (χ2v) is 6.71. The monoisotopic (exact) mass is 358 g/mol. The zero-order valence-electron chi connectivity index (χ0n) is 13.3. The first-order chi connectivity index (χ1) is 11.3. The van der Waals surface area contributed by atoms with Crippen molar-refractivity contribution in [3.8, 4) is 0 Å². The number of halogens is 3. The summed E-state index contributed by atoms with van der Waals surface area (Å²) < 4.78 is 37.6. The molecule has 1 saturated heterocycles. The molecule has 0 atom stereocenters. The highest BCUT2D eigenvalue weighted by Gasteiger charge is 2.36. The molecular weight excluding hydrogens is 341 g/mol. The molecule has 1 aliphatic heterocycles. The molecule has 0 amide bonds. The second-order valence-electron chi connectivity index (χ2n) is 5.73. The summed E-state index contributed by atoms with van der Waals surface area (Å²) in [6.07, 6.45) is -2.85. The van der Waals surface area contributed by atoms with E-state index in [9.17, 15) is 13.2 Å². The van der Waals surface area contributed by atoms with Crippen molar-refractivity contribution in [1.82, 2.24) is 20.2 Å². The maximum absolute atomic E-state index is 12.5. The molecule has 1 aliphatic rings. The Bertz CT molecular complexity index is 689. The molecule has 3 rings (SSSR count). The average Bonchev–Trinajstić information content (AvgIpc) is 2.96. The van der Waals surface area contributed by atoms with Crippen LogP contribution in [-0.4, -0.2) is 39.3 Å². The summed E-state index contributed by atoms with van der Waals surface area (Å²) >= 11 is 0.542. The van der Waals surface area contributed by atoms with E-state index in [2.05, 4.69) is 30.4 Å². The molecular formula is C14H17F3N6S. The van der Waals surface area contributed by atoms with Crippen LogP contribution in [0.25, 0.3) is 0 Å². The SMILES string of the molecule is Cc1cc(N2CCC(Nc3nnc(C(F)(F)F)s3)CC2)nc(C)n1. The van der Waals surface area contributed by atoms with Gasteiger partial charge in [0.25, 0.3) is 0 Å². The number of anilines is 2. The number of piperidine rings is 1. The van der Waals surface area contributed by atoms with E-state index in [1.165, 1.54) is 0 Å². The smallest absolute Gasteiger partial charge is 0.357 e. The molecule has 0 aromatic carbocycles. The fourth-order valence-corrected chi connectivity index (χ4v) is 3.37. The van der Waals surface area contributed by atoms with E-state index in [1.807, 2.05) is 19.9 Å². The maximum atomic E-state index is 12.5. The minimum atomic E-state index is -4.44. The fourth-order valence-electron chi connectivity index (χ4n) is 2.68. The lowest BCUT2D eigenvalue weighted by molar-refractivity contribution is -0.138. The lowest BCUT2D eigenvalue weighted by Gasteiger charge is -2.33. The van der Waals surface area contributed by atoms with Gasteiger partial charge in [0, 0.05) is 30.9 Å². The van der Waals surface area contributed by atoms with E-state index >= 15 is 0 Å². The van der Waals surface area contributed by atoms with Crippen LogP contribution in [0.1, 0.15) is 29.4 Å². The van der Waals surface area contributed by atoms with Gasteiger partial charge in [0.05, 0.1) is 0 Å². The third-order valence-corrected chi connectivity index (χ3v) is 4.67. The van der Waals surface area contributed by atoms with Crippen molar-refractivity contribution in [3.05, 3.63) is 22.6 Å². The highest BCUT2D eigenvalue weighted by atomic mass is 32.1. The van der Waals surface area contributed by atoms with Crippen LogP contribution in [0.5, 0.6) is 0 Å². The molecule has 1 fully saturated rings. The van der Waals surface area contributed by atoms with E-state index < -0.39 is 11.2 Å². The number of nitrogens with zero attached hydrogens (tertiary/aromatic N) is 5. The van der Waals surface area contributed by atoms with Gasteiger partial charge in [-0.05, 0) is 26.7 Å². The van der Waals surface area contributed by atoms with Gasteiger partial charge < -0.3 is 10.2 Å². The largest absolute Gasteiger partial charge is 0.445 e. The molecule has 130 valence electrons. The number of hydrogen-bond acceptors (Lipinski definition) is 7. The summed E-state index contributed by atoms with van der Waals surface area (Å²) in [4.78, 5) is 10.9. The topological polar surface area (TPSA) is 66.8 Å². The predicted molar refractivity (Wildman–Crippen MR) is 85.3 cm³/mol. The molecule has 10 heteroatoms. The van der Waals surface area contributed by atoms with E-state index in [4.69, 9.17) is 0 Å². The molecule has 0 unspecified atom stereocenters. The molecule has 0 bridgehead atoms. The van der Waals surface area contributed by atoms with Crippen molar-refractivity contribution in [2.75, 3.05) is 23.3 Å². The van der Waals surface area contributed by atoms with Gasteiger partial charge in [0.15, 0.2) is 0 Å². The quantitative estimate of drug-likeness (QED) is 0.910. The normalized spacial score (nSPS) is 16.5. The first-order valence-electron chi connectivity index (χ1n) is 7.56. The van der Waals surface area contributed by atoms with Crippen LogP contribution in [0.3, 0.4) is 0 Å². The third-order valence-electron chi connectivity index (χ3n) is 3.77. The van der Waals surface area contributed by atoms with Crippen LogP contribution in [0.4, 0.5) is 24.1 Å². The highest BCUT2D eigenvalue weighted by molar-refractivity contribution is 7.15. The van der Waals surface area contributed by atoms with E-state index in [0.717, 1.165) is 43.3 Å². The Hall–Kier alpha value is -1.97. The number of alkyl halides is 3. The highest BCUT2D eigenvalue weighted by Crippen LogP contribution is 2.33. The molecule has 0 radical (unpaired) electrons. The molecule has 0 aliphatic carbocycles. The van der Waals surface area contributed by atoms with Gasteiger partial charge in [0.2, 0.25) is 10.1 Å². The van der Waals surface area contributed by atoms with Crippen molar-refractivity contribution in [2.24, 2.45) is 0 Å². The van der Waals surface area contributed by atoms with Gasteiger partial charge >= 0.3 is 6.18 Å². The average molecular weight is 358 g/mol. The first-order valence-corrected chi connectivity index (χ1v) is 8.37. The van der Waals surface area contributed by atoms with Crippen LogP contribution >= 0.6 is 11.3 Å². The molecule has 3 heterocycles. The van der Waals surface area contributed by atoms with Crippen molar-refractivity contribution in [2.45, 2.75) is 38.9 Å². The van der Waals surface area contributed by atoms with Crippen molar-refractivity contribution in [1.29, 1.82) is 0 Å². The molecule has 1 N–H and O–H groups in total. The van der Waals surface area contributed by atoms with Crippen LogP contribution in [0, 0.1) is 13.8 Å². The predicted octanol–water partition coefficient (Wildman–Crippen LogP) is 3.04. The van der Waals surface area contributed by atoms with Gasteiger partial charge in [-0.25, -0.2) is 9.97 Å². The summed E-state index contributed by atoms with van der Waals surface area (Å²) in [6, 6.07) is 2.03. The van der Waals surface area contributed by atoms with Crippen molar-refractivity contribution < 1.29 is 13.2 Å². The van der Waals surface area contributed by atoms with Crippen LogP contribution in [0.2, 0.25) is 0 Å². The summed E-state index contributed by atoms with van der Waals surface area (Å²) in [7, 11) is 0. The maximum Gasteiger partial charge on any atom is 0.445 e. The number of aryl methyl sites for hydroxylation is 2. The first kappa shape index (κ1) is 16.9. The molecule has 2 aromatic heterocycles. The summed E-state index contributed by atoms with van der Waals surface area (Å²) in [5.41, 5.74) is 0.922. The third kappa shape index (κ3) is 3.92. The van der Waals surface area contributed by atoms with Gasteiger partial charge in [-0.1, -0.05) is 11.3 Å². The van der Waals surface area contributed by atoms with Crippen LogP contribution in [0.15, 0.2) is 6.07 Å². The number of nitrogens with one attached hydrogen (secondary N) is 1. The molecule has 2 aromatic rings. The van der Waals surface area contributed by atoms with Crippen LogP contribution < -0.4 is 10.2 Å². The van der Waals surface area contributed by atoms with Crippen LogP contribution in [-0.2, 0) is 6.18 Å². The minimum Gasteiger partial charge on any atom is -0.357 e. The minimum absolute atomic E-state index is 0.0827. The Morgan fingerprint density at radius 3 is 2.46 bits per heavy atom. The van der Waals surface area contributed by atoms with Gasteiger partial charge in [-0.2, -0.15) is 13.2 Å². The van der Waals surface area contributed by atoms with Gasteiger partial charge in [-0.3, -0.25) is 0 Å². The number of aromatic nitrogens is 4.